The first kappa shape index (κ1) is 22.2. The van der Waals surface area contributed by atoms with Gasteiger partial charge in [-0.2, -0.15) is 13.2 Å². The standard InChI is InChI=1S/C20H31F3O4/c1-14(2)17(24)27-16-8-6-7-15(9-10-16)19(11-4-5-12-19)26-13-18(3,25)20(21,22)23/h15-16,25H,1,4-13H2,2-3H3. The van der Waals surface area contributed by atoms with E-state index in [9.17, 15) is 23.1 Å². The Hall–Kier alpha value is -1.08. The molecule has 0 aliphatic heterocycles. The minimum atomic E-state index is -4.72. The van der Waals surface area contributed by atoms with Crippen molar-refractivity contribution in [2.45, 2.75) is 95.1 Å². The number of ether oxygens (including phenoxy) is 2. The van der Waals surface area contributed by atoms with Crippen molar-refractivity contribution >= 4 is 5.97 Å². The number of aliphatic hydroxyl groups is 1. The van der Waals surface area contributed by atoms with E-state index in [0.29, 0.717) is 24.8 Å². The van der Waals surface area contributed by atoms with Crippen LogP contribution in [0.4, 0.5) is 13.2 Å². The Bertz CT molecular complexity index is 536. The summed E-state index contributed by atoms with van der Waals surface area (Å²) in [5, 5.41) is 9.76. The maximum Gasteiger partial charge on any atom is 0.419 e. The molecule has 0 bridgehead atoms. The highest BCUT2D eigenvalue weighted by atomic mass is 19.4. The molecule has 0 amide bonds. The highest BCUT2D eigenvalue weighted by molar-refractivity contribution is 5.87. The minimum Gasteiger partial charge on any atom is -0.459 e. The van der Waals surface area contributed by atoms with Crippen molar-refractivity contribution in [2.24, 2.45) is 5.92 Å². The third kappa shape index (κ3) is 5.47. The van der Waals surface area contributed by atoms with E-state index < -0.39 is 30.0 Å². The van der Waals surface area contributed by atoms with Crippen LogP contribution < -0.4 is 0 Å². The molecule has 3 atom stereocenters. The van der Waals surface area contributed by atoms with E-state index in [2.05, 4.69) is 6.58 Å². The lowest BCUT2D eigenvalue weighted by Gasteiger charge is -2.40. The van der Waals surface area contributed by atoms with Gasteiger partial charge in [0.15, 0.2) is 5.60 Å². The van der Waals surface area contributed by atoms with Crippen molar-refractivity contribution in [3.05, 3.63) is 12.2 Å². The third-order valence-corrected chi connectivity index (χ3v) is 5.98. The van der Waals surface area contributed by atoms with Gasteiger partial charge in [-0.05, 0) is 64.7 Å². The predicted octanol–water partition coefficient (Wildman–Crippen LogP) is 4.70. The summed E-state index contributed by atoms with van der Waals surface area (Å²) in [5.74, 6) is -0.288. The average molecular weight is 392 g/mol. The first-order valence-corrected chi connectivity index (χ1v) is 9.76. The molecular weight excluding hydrogens is 361 g/mol. The number of alkyl halides is 3. The summed E-state index contributed by atoms with van der Waals surface area (Å²) in [5.41, 5.74) is -3.11. The van der Waals surface area contributed by atoms with E-state index in [0.717, 1.165) is 45.4 Å². The zero-order chi connectivity index (χ0) is 20.3. The monoisotopic (exact) mass is 392 g/mol. The minimum absolute atomic E-state index is 0.109. The van der Waals surface area contributed by atoms with Crippen LogP contribution in [-0.4, -0.2) is 41.2 Å². The number of hydrogen-bond acceptors (Lipinski definition) is 4. The number of esters is 1. The Kier molecular flexibility index (Phi) is 7.01. The zero-order valence-electron chi connectivity index (χ0n) is 16.2. The van der Waals surface area contributed by atoms with E-state index in [-0.39, 0.29) is 12.0 Å². The van der Waals surface area contributed by atoms with Crippen LogP contribution in [0, 0.1) is 5.92 Å². The van der Waals surface area contributed by atoms with Crippen LogP contribution in [0.2, 0.25) is 0 Å². The van der Waals surface area contributed by atoms with Gasteiger partial charge >= 0.3 is 12.1 Å². The van der Waals surface area contributed by atoms with Crippen LogP contribution in [0.25, 0.3) is 0 Å². The van der Waals surface area contributed by atoms with Gasteiger partial charge in [-0.1, -0.05) is 19.4 Å². The summed E-state index contributed by atoms with van der Waals surface area (Å²) in [6.45, 7) is 5.21. The lowest BCUT2D eigenvalue weighted by atomic mass is 9.80. The molecule has 0 aromatic heterocycles. The molecule has 2 fully saturated rings. The summed E-state index contributed by atoms with van der Waals surface area (Å²) < 4.78 is 50.3. The molecule has 27 heavy (non-hydrogen) atoms. The number of halogens is 3. The number of rotatable bonds is 6. The van der Waals surface area contributed by atoms with Gasteiger partial charge in [0.1, 0.15) is 6.10 Å². The molecule has 0 heterocycles. The topological polar surface area (TPSA) is 55.8 Å². The van der Waals surface area contributed by atoms with Gasteiger partial charge in [0.05, 0.1) is 12.2 Å². The third-order valence-electron chi connectivity index (χ3n) is 5.98. The normalized spacial score (nSPS) is 28.2. The maximum atomic E-state index is 13.0. The van der Waals surface area contributed by atoms with Crippen molar-refractivity contribution in [1.29, 1.82) is 0 Å². The molecule has 0 spiro atoms. The van der Waals surface area contributed by atoms with E-state index in [4.69, 9.17) is 9.47 Å². The molecule has 156 valence electrons. The fourth-order valence-corrected chi connectivity index (χ4v) is 4.17. The Morgan fingerprint density at radius 1 is 1.15 bits per heavy atom. The van der Waals surface area contributed by atoms with Crippen molar-refractivity contribution in [2.75, 3.05) is 6.61 Å². The SMILES string of the molecule is C=C(C)C(=O)OC1CCCC(C2(OCC(C)(O)C(F)(F)F)CCCC2)CC1. The molecule has 2 aliphatic rings. The molecule has 0 radical (unpaired) electrons. The van der Waals surface area contributed by atoms with Gasteiger partial charge in [-0.25, -0.2) is 4.79 Å². The molecular formula is C20H31F3O4. The Morgan fingerprint density at radius 2 is 1.78 bits per heavy atom. The predicted molar refractivity (Wildman–Crippen MR) is 95.1 cm³/mol. The molecule has 2 saturated carbocycles. The Morgan fingerprint density at radius 3 is 2.33 bits per heavy atom. The van der Waals surface area contributed by atoms with E-state index in [1.165, 1.54) is 0 Å². The van der Waals surface area contributed by atoms with E-state index in [1.807, 2.05) is 0 Å². The van der Waals surface area contributed by atoms with E-state index >= 15 is 0 Å². The lowest BCUT2D eigenvalue weighted by Crippen LogP contribution is -2.50. The number of hydrogen-bond donors (Lipinski definition) is 1. The fraction of sp³-hybridized carbons (Fsp3) is 0.850. The second-order valence-corrected chi connectivity index (χ2v) is 8.34. The van der Waals surface area contributed by atoms with Gasteiger partial charge in [0, 0.05) is 5.57 Å². The van der Waals surface area contributed by atoms with Crippen LogP contribution in [-0.2, 0) is 14.3 Å². The highest BCUT2D eigenvalue weighted by Crippen LogP contribution is 2.46. The molecule has 4 nitrogen and oxygen atoms in total. The smallest absolute Gasteiger partial charge is 0.419 e. The zero-order valence-corrected chi connectivity index (χ0v) is 16.2. The van der Waals surface area contributed by atoms with Crippen LogP contribution in [0.15, 0.2) is 12.2 Å². The van der Waals surface area contributed by atoms with Crippen molar-refractivity contribution in [3.63, 3.8) is 0 Å². The molecule has 7 heteroatoms. The number of carbonyl (C=O) groups excluding carboxylic acids is 1. The molecule has 0 aromatic carbocycles. The summed E-state index contributed by atoms with van der Waals surface area (Å²) in [6.07, 6.45) is 2.16. The molecule has 3 unspecified atom stereocenters. The van der Waals surface area contributed by atoms with Crippen molar-refractivity contribution in [3.8, 4) is 0 Å². The molecule has 0 aromatic rings. The number of carbonyl (C=O) groups is 1. The summed E-state index contributed by atoms with van der Waals surface area (Å²) >= 11 is 0. The highest BCUT2D eigenvalue weighted by Gasteiger charge is 2.52. The van der Waals surface area contributed by atoms with Gasteiger partial charge in [-0.3, -0.25) is 0 Å². The Balaban J connectivity index is 2.02. The van der Waals surface area contributed by atoms with Crippen molar-refractivity contribution < 1.29 is 32.5 Å². The van der Waals surface area contributed by atoms with Crippen LogP contribution in [0.5, 0.6) is 0 Å². The summed E-state index contributed by atoms with van der Waals surface area (Å²) in [6, 6.07) is 0. The second kappa shape index (κ2) is 8.52. The largest absolute Gasteiger partial charge is 0.459 e. The van der Waals surface area contributed by atoms with Gasteiger partial charge in [-0.15, -0.1) is 0 Å². The van der Waals surface area contributed by atoms with Crippen LogP contribution >= 0.6 is 0 Å². The molecule has 0 saturated heterocycles. The van der Waals surface area contributed by atoms with Crippen LogP contribution in [0.3, 0.4) is 0 Å². The van der Waals surface area contributed by atoms with Gasteiger partial charge in [0.2, 0.25) is 0 Å². The van der Waals surface area contributed by atoms with E-state index in [1.54, 1.807) is 6.92 Å². The lowest BCUT2D eigenvalue weighted by molar-refractivity contribution is -0.280. The molecule has 2 aliphatic carbocycles. The average Bonchev–Trinajstić information content (AvgIpc) is 2.92. The second-order valence-electron chi connectivity index (χ2n) is 8.34. The first-order valence-electron chi connectivity index (χ1n) is 9.76. The quantitative estimate of drug-likeness (QED) is 0.405. The first-order chi connectivity index (χ1) is 12.5. The molecule has 1 N–H and O–H groups in total. The van der Waals surface area contributed by atoms with Crippen molar-refractivity contribution in [1.82, 2.24) is 0 Å². The maximum absolute atomic E-state index is 13.0. The summed E-state index contributed by atoms with van der Waals surface area (Å²) in [7, 11) is 0. The molecule has 2 rings (SSSR count). The van der Waals surface area contributed by atoms with Crippen LogP contribution in [0.1, 0.15) is 71.6 Å². The van der Waals surface area contributed by atoms with Gasteiger partial charge in [0.25, 0.3) is 0 Å². The van der Waals surface area contributed by atoms with Gasteiger partial charge < -0.3 is 14.6 Å². The fourth-order valence-electron chi connectivity index (χ4n) is 4.17. The summed E-state index contributed by atoms with van der Waals surface area (Å²) in [4.78, 5) is 11.8. The Labute approximate surface area is 159 Å².